The molecule has 0 aliphatic heterocycles. The number of nitriles is 2. The van der Waals surface area contributed by atoms with Crippen molar-refractivity contribution in [2.24, 2.45) is 0 Å². The maximum Gasteiger partial charge on any atom is 0.268 e. The normalized spacial score (nSPS) is 10.1. The molecule has 0 saturated carbocycles. The summed E-state index contributed by atoms with van der Waals surface area (Å²) in [5.41, 5.74) is 6.35. The number of aromatic amines is 1. The van der Waals surface area contributed by atoms with Crippen molar-refractivity contribution < 1.29 is 9.47 Å². The van der Waals surface area contributed by atoms with Crippen molar-refractivity contribution in [3.8, 4) is 34.8 Å². The zero-order valence-corrected chi connectivity index (χ0v) is 16.9. The van der Waals surface area contributed by atoms with Gasteiger partial charge in [0.15, 0.2) is 0 Å². The Labute approximate surface area is 175 Å². The molecule has 3 aromatic rings. The zero-order valence-electron chi connectivity index (χ0n) is 15.3. The third kappa shape index (κ3) is 4.08. The van der Waals surface area contributed by atoms with E-state index in [0.717, 1.165) is 4.47 Å². The molecule has 8 heteroatoms. The van der Waals surface area contributed by atoms with Crippen LogP contribution >= 0.6 is 15.9 Å². The van der Waals surface area contributed by atoms with Gasteiger partial charge < -0.3 is 20.2 Å². The maximum absolute atomic E-state index is 12.2. The summed E-state index contributed by atoms with van der Waals surface area (Å²) in [4.78, 5) is 14.5. The van der Waals surface area contributed by atoms with Gasteiger partial charge in [-0.1, -0.05) is 22.0 Å². The highest BCUT2D eigenvalue weighted by Crippen LogP contribution is 2.32. The molecule has 7 nitrogen and oxygen atoms in total. The lowest BCUT2D eigenvalue weighted by Gasteiger charge is -2.14. The van der Waals surface area contributed by atoms with Crippen molar-refractivity contribution in [3.05, 3.63) is 74.0 Å². The highest BCUT2D eigenvalue weighted by molar-refractivity contribution is 9.10. The van der Waals surface area contributed by atoms with Gasteiger partial charge in [-0.3, -0.25) is 4.79 Å². The topological polar surface area (TPSA) is 125 Å². The van der Waals surface area contributed by atoms with E-state index < -0.39 is 5.56 Å². The number of benzene rings is 2. The highest BCUT2D eigenvalue weighted by Gasteiger charge is 2.19. The molecule has 0 bridgehead atoms. The zero-order chi connectivity index (χ0) is 21.0. The first-order chi connectivity index (χ1) is 14.0. The number of rotatable bonds is 5. The van der Waals surface area contributed by atoms with Crippen molar-refractivity contribution in [2.45, 2.75) is 6.61 Å². The Morgan fingerprint density at radius 1 is 1.10 bits per heavy atom. The van der Waals surface area contributed by atoms with Crippen molar-refractivity contribution in [1.82, 2.24) is 4.98 Å². The van der Waals surface area contributed by atoms with Crippen LogP contribution in [0.5, 0.6) is 11.5 Å². The number of pyridine rings is 1. The minimum Gasteiger partial charge on any atom is -0.496 e. The molecule has 0 unspecified atom stereocenters. The summed E-state index contributed by atoms with van der Waals surface area (Å²) in [5.74, 6) is 1.15. The second-order valence-electron chi connectivity index (χ2n) is 5.99. The fraction of sp³-hybridized carbons (Fsp3) is 0.0952. The second kappa shape index (κ2) is 8.51. The quantitative estimate of drug-likeness (QED) is 0.609. The first kappa shape index (κ1) is 20.0. The van der Waals surface area contributed by atoms with E-state index >= 15 is 0 Å². The van der Waals surface area contributed by atoms with Gasteiger partial charge in [0.2, 0.25) is 0 Å². The van der Waals surface area contributed by atoms with E-state index in [1.54, 1.807) is 18.2 Å². The lowest BCUT2D eigenvalue weighted by atomic mass is 9.95. The first-order valence-electron chi connectivity index (χ1n) is 8.40. The van der Waals surface area contributed by atoms with Crippen LogP contribution in [0.4, 0.5) is 5.82 Å². The van der Waals surface area contributed by atoms with Gasteiger partial charge in [0.1, 0.15) is 47.2 Å². The fourth-order valence-corrected chi connectivity index (χ4v) is 3.14. The number of nitrogen functional groups attached to an aromatic ring is 1. The van der Waals surface area contributed by atoms with Gasteiger partial charge in [-0.15, -0.1) is 0 Å². The van der Waals surface area contributed by atoms with Crippen molar-refractivity contribution in [2.75, 3.05) is 12.8 Å². The van der Waals surface area contributed by atoms with Gasteiger partial charge in [-0.2, -0.15) is 10.5 Å². The van der Waals surface area contributed by atoms with Crippen LogP contribution in [0, 0.1) is 22.7 Å². The Hall–Kier alpha value is -3.75. The maximum atomic E-state index is 12.2. The van der Waals surface area contributed by atoms with Gasteiger partial charge in [0, 0.05) is 15.6 Å². The number of ether oxygens (including phenoxy) is 2. The number of halogens is 1. The van der Waals surface area contributed by atoms with Gasteiger partial charge >= 0.3 is 0 Å². The molecule has 0 fully saturated rings. The van der Waals surface area contributed by atoms with E-state index in [2.05, 4.69) is 20.9 Å². The average Bonchev–Trinajstić information content (AvgIpc) is 2.72. The number of nitrogens with two attached hydrogens (primary N) is 1. The monoisotopic (exact) mass is 450 g/mol. The molecule has 0 amide bonds. The summed E-state index contributed by atoms with van der Waals surface area (Å²) >= 11 is 3.37. The van der Waals surface area contributed by atoms with Gasteiger partial charge in [-0.05, 0) is 42.0 Å². The average molecular weight is 451 g/mol. The number of nitrogens with one attached hydrogen (secondary N) is 1. The van der Waals surface area contributed by atoms with E-state index in [9.17, 15) is 15.3 Å². The molecule has 3 rings (SSSR count). The second-order valence-corrected chi connectivity index (χ2v) is 6.90. The number of aromatic nitrogens is 1. The smallest absolute Gasteiger partial charge is 0.268 e. The molecular weight excluding hydrogens is 436 g/mol. The van der Waals surface area contributed by atoms with Crippen LogP contribution in [0.3, 0.4) is 0 Å². The lowest BCUT2D eigenvalue weighted by Crippen LogP contribution is -2.16. The Bertz CT molecular complexity index is 1200. The Kier molecular flexibility index (Phi) is 5.87. The van der Waals surface area contributed by atoms with E-state index in [1.807, 2.05) is 36.4 Å². The van der Waals surface area contributed by atoms with Gasteiger partial charge in [0.25, 0.3) is 5.56 Å². The summed E-state index contributed by atoms with van der Waals surface area (Å²) in [6, 6.07) is 16.3. The summed E-state index contributed by atoms with van der Waals surface area (Å²) in [7, 11) is 1.53. The van der Waals surface area contributed by atoms with Gasteiger partial charge in [-0.25, -0.2) is 0 Å². The summed E-state index contributed by atoms with van der Waals surface area (Å²) in [6.45, 7) is 0.182. The summed E-state index contributed by atoms with van der Waals surface area (Å²) < 4.78 is 12.1. The first-order valence-corrected chi connectivity index (χ1v) is 9.19. The van der Waals surface area contributed by atoms with E-state index in [-0.39, 0.29) is 29.1 Å². The van der Waals surface area contributed by atoms with Crippen LogP contribution in [0.1, 0.15) is 16.7 Å². The van der Waals surface area contributed by atoms with Crippen LogP contribution in [0.15, 0.2) is 51.7 Å². The largest absolute Gasteiger partial charge is 0.496 e. The van der Waals surface area contributed by atoms with E-state index in [0.29, 0.717) is 22.6 Å². The number of hydrogen-bond acceptors (Lipinski definition) is 6. The van der Waals surface area contributed by atoms with E-state index in [1.165, 1.54) is 7.11 Å². The molecule has 144 valence electrons. The Morgan fingerprint density at radius 2 is 1.79 bits per heavy atom. The standard InChI is InChI=1S/C21H15BrN4O3/c1-28-18-7-2-12(8-13(18)11-29-15-5-3-14(22)4-6-15)19-16(9-23)20(25)26-21(27)17(19)10-24/h2-8H,11H2,1H3,(H3,25,26,27). The van der Waals surface area contributed by atoms with Crippen LogP contribution < -0.4 is 20.8 Å². The van der Waals surface area contributed by atoms with Gasteiger partial charge in [0.05, 0.1) is 7.11 Å². The Balaban J connectivity index is 2.08. The van der Waals surface area contributed by atoms with Crippen LogP contribution in [0.25, 0.3) is 11.1 Å². The molecule has 29 heavy (non-hydrogen) atoms. The number of anilines is 1. The third-order valence-corrected chi connectivity index (χ3v) is 4.77. The number of methoxy groups -OCH3 is 1. The number of H-pyrrole nitrogens is 1. The molecule has 0 aliphatic rings. The molecule has 0 atom stereocenters. The lowest BCUT2D eigenvalue weighted by molar-refractivity contribution is 0.296. The molecule has 1 heterocycles. The summed E-state index contributed by atoms with van der Waals surface area (Å²) in [6.07, 6.45) is 0. The Morgan fingerprint density at radius 3 is 2.41 bits per heavy atom. The van der Waals surface area contributed by atoms with Crippen LogP contribution in [-0.4, -0.2) is 12.1 Å². The molecule has 2 aromatic carbocycles. The van der Waals surface area contributed by atoms with Crippen LogP contribution in [0.2, 0.25) is 0 Å². The minimum absolute atomic E-state index is 0.0334. The predicted molar refractivity (Wildman–Crippen MR) is 111 cm³/mol. The molecule has 3 N–H and O–H groups in total. The molecular formula is C21H15BrN4O3. The third-order valence-electron chi connectivity index (χ3n) is 4.25. The number of hydrogen-bond donors (Lipinski definition) is 2. The molecule has 0 saturated heterocycles. The minimum atomic E-state index is -0.650. The molecule has 0 spiro atoms. The van der Waals surface area contributed by atoms with Crippen LogP contribution in [-0.2, 0) is 6.61 Å². The SMILES string of the molecule is COc1ccc(-c2c(C#N)c(N)[nH]c(=O)c2C#N)cc1COc1ccc(Br)cc1. The summed E-state index contributed by atoms with van der Waals surface area (Å²) in [5, 5.41) is 18.9. The van der Waals surface area contributed by atoms with Crippen molar-refractivity contribution >= 4 is 21.7 Å². The number of nitrogens with zero attached hydrogens (tertiary/aromatic N) is 2. The molecule has 0 radical (unpaired) electrons. The highest BCUT2D eigenvalue weighted by atomic mass is 79.9. The predicted octanol–water partition coefficient (Wildman–Crippen LogP) is 3.72. The molecule has 1 aromatic heterocycles. The van der Waals surface area contributed by atoms with Crippen molar-refractivity contribution in [1.29, 1.82) is 10.5 Å². The fourth-order valence-electron chi connectivity index (χ4n) is 2.87. The van der Waals surface area contributed by atoms with Crippen molar-refractivity contribution in [3.63, 3.8) is 0 Å². The van der Waals surface area contributed by atoms with E-state index in [4.69, 9.17) is 15.2 Å². The molecule has 0 aliphatic carbocycles.